The summed E-state index contributed by atoms with van der Waals surface area (Å²) in [5, 5.41) is 14.1. The molecule has 0 radical (unpaired) electrons. The van der Waals surface area contributed by atoms with Crippen LogP contribution in [0.25, 0.3) is 0 Å². The molecule has 16 heavy (non-hydrogen) atoms. The maximum absolute atomic E-state index is 11.3. The summed E-state index contributed by atoms with van der Waals surface area (Å²) in [6.45, 7) is 0.819. The summed E-state index contributed by atoms with van der Waals surface area (Å²) >= 11 is 0. The lowest BCUT2D eigenvalue weighted by molar-refractivity contribution is -0.119. The van der Waals surface area contributed by atoms with E-state index in [9.17, 15) is 4.79 Å². The molecule has 4 heteroatoms. The first-order chi connectivity index (χ1) is 7.83. The Morgan fingerprint density at radius 2 is 2.06 bits per heavy atom. The smallest absolute Gasteiger partial charge is 0.239 e. The Morgan fingerprint density at radius 1 is 1.31 bits per heavy atom. The van der Waals surface area contributed by atoms with Crippen molar-refractivity contribution in [2.75, 3.05) is 18.4 Å². The minimum atomic E-state index is -0.0539. The minimum absolute atomic E-state index is 0.0539. The van der Waals surface area contributed by atoms with Gasteiger partial charge in [0, 0.05) is 18.7 Å². The van der Waals surface area contributed by atoms with Crippen LogP contribution in [0.15, 0.2) is 30.3 Å². The molecule has 4 nitrogen and oxygen atoms in total. The average Bonchev–Trinajstić information content (AvgIpc) is 2.33. The molecular formula is C12H15N3O. The van der Waals surface area contributed by atoms with Gasteiger partial charge in [-0.2, -0.15) is 5.26 Å². The third-order valence-corrected chi connectivity index (χ3v) is 2.01. The van der Waals surface area contributed by atoms with Crippen LogP contribution in [-0.2, 0) is 4.79 Å². The number of rotatable bonds is 6. The number of carbonyl (C=O) groups excluding carboxylic acids is 1. The summed E-state index contributed by atoms with van der Waals surface area (Å²) in [5.41, 5.74) is 0.926. The van der Waals surface area contributed by atoms with Gasteiger partial charge in [0.2, 0.25) is 5.91 Å². The third kappa shape index (κ3) is 5.01. The normalized spacial score (nSPS) is 9.19. The van der Waals surface area contributed by atoms with Crippen molar-refractivity contribution in [2.24, 2.45) is 0 Å². The fourth-order valence-electron chi connectivity index (χ4n) is 1.20. The Bertz CT molecular complexity index is 356. The van der Waals surface area contributed by atoms with E-state index < -0.39 is 0 Å². The number of hydrogen-bond donors (Lipinski definition) is 2. The quantitative estimate of drug-likeness (QED) is 0.710. The van der Waals surface area contributed by atoms with Gasteiger partial charge in [-0.3, -0.25) is 4.79 Å². The molecule has 0 unspecified atom stereocenters. The van der Waals surface area contributed by atoms with Crippen molar-refractivity contribution < 1.29 is 4.79 Å². The highest BCUT2D eigenvalue weighted by Crippen LogP contribution is 2.03. The van der Waals surface area contributed by atoms with Crippen molar-refractivity contribution in [2.45, 2.75) is 12.8 Å². The van der Waals surface area contributed by atoms with Crippen LogP contribution in [0.1, 0.15) is 12.8 Å². The number of hydrogen-bond acceptors (Lipinski definition) is 3. The van der Waals surface area contributed by atoms with E-state index in [0.717, 1.165) is 5.69 Å². The lowest BCUT2D eigenvalue weighted by atomic mass is 10.3. The fourth-order valence-corrected chi connectivity index (χ4v) is 1.20. The van der Waals surface area contributed by atoms with E-state index in [0.29, 0.717) is 19.4 Å². The van der Waals surface area contributed by atoms with Gasteiger partial charge in [-0.25, -0.2) is 0 Å². The van der Waals surface area contributed by atoms with Gasteiger partial charge < -0.3 is 10.6 Å². The van der Waals surface area contributed by atoms with E-state index in [1.807, 2.05) is 36.4 Å². The largest absolute Gasteiger partial charge is 0.376 e. The molecule has 0 heterocycles. The molecule has 1 rings (SSSR count). The number of anilines is 1. The van der Waals surface area contributed by atoms with Gasteiger partial charge in [0.25, 0.3) is 0 Å². The molecule has 0 aliphatic heterocycles. The third-order valence-electron chi connectivity index (χ3n) is 2.01. The van der Waals surface area contributed by atoms with Crippen LogP contribution in [0, 0.1) is 11.3 Å². The van der Waals surface area contributed by atoms with Crippen LogP contribution < -0.4 is 10.6 Å². The topological polar surface area (TPSA) is 64.9 Å². The summed E-state index contributed by atoms with van der Waals surface area (Å²) in [4.78, 5) is 11.3. The molecular weight excluding hydrogens is 202 g/mol. The van der Waals surface area contributed by atoms with Gasteiger partial charge in [0.15, 0.2) is 0 Å². The molecule has 0 spiro atoms. The maximum atomic E-state index is 11.3. The van der Waals surface area contributed by atoms with Crippen LogP contribution in [-0.4, -0.2) is 19.0 Å². The Balaban J connectivity index is 2.14. The molecule has 0 saturated carbocycles. The predicted octanol–water partition coefficient (Wildman–Crippen LogP) is 1.52. The van der Waals surface area contributed by atoms with Crippen molar-refractivity contribution in [3.63, 3.8) is 0 Å². The van der Waals surface area contributed by atoms with Gasteiger partial charge in [-0.05, 0) is 18.6 Å². The van der Waals surface area contributed by atoms with E-state index in [4.69, 9.17) is 5.26 Å². The number of carbonyl (C=O) groups is 1. The second-order valence-electron chi connectivity index (χ2n) is 3.33. The number of nitrogens with one attached hydrogen (secondary N) is 2. The zero-order valence-electron chi connectivity index (χ0n) is 9.07. The lowest BCUT2D eigenvalue weighted by Gasteiger charge is -2.06. The molecule has 0 aliphatic carbocycles. The zero-order chi connectivity index (χ0) is 11.6. The highest BCUT2D eigenvalue weighted by atomic mass is 16.1. The molecule has 84 valence electrons. The Hall–Kier alpha value is -2.02. The molecule has 1 amide bonds. The number of unbranched alkanes of at least 4 members (excludes halogenated alkanes) is 1. The van der Waals surface area contributed by atoms with Gasteiger partial charge in [0.1, 0.15) is 0 Å². The summed E-state index contributed by atoms with van der Waals surface area (Å²) in [6.07, 6.45) is 1.18. The standard InChI is InChI=1S/C12H15N3O/c13-8-4-5-9-14-12(16)10-15-11-6-2-1-3-7-11/h1-3,6-7,15H,4-5,9-10H2,(H,14,16). The Kier molecular flexibility index (Phi) is 5.49. The van der Waals surface area contributed by atoms with Crippen LogP contribution >= 0.6 is 0 Å². The minimum Gasteiger partial charge on any atom is -0.376 e. The lowest BCUT2D eigenvalue weighted by Crippen LogP contribution is -2.30. The average molecular weight is 217 g/mol. The molecule has 1 aromatic rings. The predicted molar refractivity (Wildman–Crippen MR) is 62.8 cm³/mol. The molecule has 2 N–H and O–H groups in total. The molecule has 1 aromatic carbocycles. The van der Waals surface area contributed by atoms with Crippen LogP contribution in [0.3, 0.4) is 0 Å². The van der Waals surface area contributed by atoms with Crippen LogP contribution in [0.2, 0.25) is 0 Å². The number of nitrogens with zero attached hydrogens (tertiary/aromatic N) is 1. The van der Waals surface area contributed by atoms with Gasteiger partial charge in [-0.15, -0.1) is 0 Å². The molecule has 0 aromatic heterocycles. The maximum Gasteiger partial charge on any atom is 0.239 e. The fraction of sp³-hybridized carbons (Fsp3) is 0.333. The molecule has 0 atom stereocenters. The van der Waals surface area contributed by atoms with E-state index in [2.05, 4.69) is 10.6 Å². The van der Waals surface area contributed by atoms with Crippen molar-refractivity contribution in [3.05, 3.63) is 30.3 Å². The van der Waals surface area contributed by atoms with E-state index in [-0.39, 0.29) is 12.5 Å². The van der Waals surface area contributed by atoms with Crippen LogP contribution in [0.5, 0.6) is 0 Å². The molecule has 0 fully saturated rings. The van der Waals surface area contributed by atoms with E-state index in [1.54, 1.807) is 0 Å². The van der Waals surface area contributed by atoms with Crippen LogP contribution in [0.4, 0.5) is 5.69 Å². The highest BCUT2D eigenvalue weighted by molar-refractivity contribution is 5.80. The molecule has 0 aliphatic rings. The first kappa shape index (κ1) is 12.1. The first-order valence-corrected chi connectivity index (χ1v) is 5.25. The summed E-state index contributed by atoms with van der Waals surface area (Å²) in [7, 11) is 0. The van der Waals surface area contributed by atoms with Crippen molar-refractivity contribution >= 4 is 11.6 Å². The first-order valence-electron chi connectivity index (χ1n) is 5.25. The Labute approximate surface area is 95.3 Å². The van der Waals surface area contributed by atoms with Crippen molar-refractivity contribution in [1.82, 2.24) is 5.32 Å². The van der Waals surface area contributed by atoms with Gasteiger partial charge in [0.05, 0.1) is 12.6 Å². The molecule has 0 bridgehead atoms. The van der Waals surface area contributed by atoms with Crippen molar-refractivity contribution in [3.8, 4) is 6.07 Å². The monoisotopic (exact) mass is 217 g/mol. The van der Waals surface area contributed by atoms with E-state index >= 15 is 0 Å². The summed E-state index contributed by atoms with van der Waals surface area (Å²) < 4.78 is 0. The number of amides is 1. The second-order valence-corrected chi connectivity index (χ2v) is 3.33. The molecule has 0 saturated heterocycles. The number of para-hydroxylation sites is 1. The zero-order valence-corrected chi connectivity index (χ0v) is 9.07. The van der Waals surface area contributed by atoms with Gasteiger partial charge >= 0.3 is 0 Å². The number of nitriles is 1. The SMILES string of the molecule is N#CCCCNC(=O)CNc1ccccc1. The van der Waals surface area contributed by atoms with E-state index in [1.165, 1.54) is 0 Å². The number of benzene rings is 1. The highest BCUT2D eigenvalue weighted by Gasteiger charge is 1.99. The summed E-state index contributed by atoms with van der Waals surface area (Å²) in [6, 6.07) is 11.6. The van der Waals surface area contributed by atoms with Crippen molar-refractivity contribution in [1.29, 1.82) is 5.26 Å². The second kappa shape index (κ2) is 7.30. The summed E-state index contributed by atoms with van der Waals surface area (Å²) in [5.74, 6) is -0.0539. The van der Waals surface area contributed by atoms with Gasteiger partial charge in [-0.1, -0.05) is 18.2 Å². The Morgan fingerprint density at radius 3 is 2.75 bits per heavy atom.